The van der Waals surface area contributed by atoms with Gasteiger partial charge in [0.15, 0.2) is 0 Å². The average molecular weight is 391 g/mol. The second kappa shape index (κ2) is 8.82. The summed E-state index contributed by atoms with van der Waals surface area (Å²) in [5.41, 5.74) is 1.69. The van der Waals surface area contributed by atoms with Crippen molar-refractivity contribution in [3.05, 3.63) is 72.2 Å². The Hall–Kier alpha value is -3.28. The predicted molar refractivity (Wildman–Crippen MR) is 112 cm³/mol. The minimum absolute atomic E-state index is 0.0120. The molecule has 0 unspecified atom stereocenters. The van der Waals surface area contributed by atoms with Crippen LogP contribution >= 0.6 is 0 Å². The van der Waals surface area contributed by atoms with Gasteiger partial charge < -0.3 is 20.0 Å². The lowest BCUT2D eigenvalue weighted by Crippen LogP contribution is -2.43. The van der Waals surface area contributed by atoms with E-state index in [4.69, 9.17) is 4.42 Å². The van der Waals surface area contributed by atoms with Gasteiger partial charge in [-0.3, -0.25) is 4.79 Å². The largest absolute Gasteiger partial charge is 0.472 e. The molecule has 0 atom stereocenters. The lowest BCUT2D eigenvalue weighted by Gasteiger charge is -2.31. The summed E-state index contributed by atoms with van der Waals surface area (Å²) in [5, 5.41) is 8.25. The van der Waals surface area contributed by atoms with Crippen LogP contribution in [0.2, 0.25) is 0 Å². The summed E-state index contributed by atoms with van der Waals surface area (Å²) in [4.78, 5) is 26.4. The first kappa shape index (κ1) is 19.1. The Morgan fingerprint density at radius 3 is 2.59 bits per heavy atom. The van der Waals surface area contributed by atoms with Crippen LogP contribution in [0, 0.1) is 5.92 Å². The van der Waals surface area contributed by atoms with Crippen LogP contribution in [0.4, 0.5) is 4.79 Å². The molecule has 1 fully saturated rings. The molecule has 2 heterocycles. The van der Waals surface area contributed by atoms with Crippen LogP contribution < -0.4 is 10.6 Å². The summed E-state index contributed by atoms with van der Waals surface area (Å²) in [6, 6.07) is 15.8. The van der Waals surface area contributed by atoms with Crippen molar-refractivity contribution in [3.8, 4) is 0 Å². The molecule has 0 saturated carbocycles. The molecule has 3 aromatic rings. The van der Waals surface area contributed by atoms with Gasteiger partial charge in [0.05, 0.1) is 11.8 Å². The van der Waals surface area contributed by atoms with E-state index in [2.05, 4.69) is 28.8 Å². The molecule has 1 saturated heterocycles. The highest BCUT2D eigenvalue weighted by Crippen LogP contribution is 2.19. The minimum Gasteiger partial charge on any atom is -0.472 e. The molecule has 1 aromatic heterocycles. The second-order valence-corrected chi connectivity index (χ2v) is 7.45. The fourth-order valence-corrected chi connectivity index (χ4v) is 3.83. The van der Waals surface area contributed by atoms with Gasteiger partial charge in [0.2, 0.25) is 0 Å². The van der Waals surface area contributed by atoms with E-state index in [0.717, 1.165) is 23.8 Å². The van der Waals surface area contributed by atoms with Crippen molar-refractivity contribution in [1.29, 1.82) is 0 Å². The quantitative estimate of drug-likeness (QED) is 0.695. The van der Waals surface area contributed by atoms with Gasteiger partial charge in [-0.25, -0.2) is 4.79 Å². The maximum atomic E-state index is 12.3. The molecule has 0 aliphatic carbocycles. The number of amides is 3. The highest BCUT2D eigenvalue weighted by Gasteiger charge is 2.24. The number of nitrogens with zero attached hydrogens (tertiary/aromatic N) is 1. The number of rotatable bonds is 5. The van der Waals surface area contributed by atoms with Gasteiger partial charge in [0, 0.05) is 26.2 Å². The third-order valence-electron chi connectivity index (χ3n) is 5.54. The summed E-state index contributed by atoms with van der Waals surface area (Å²) >= 11 is 0. The Kier molecular flexibility index (Phi) is 5.79. The van der Waals surface area contributed by atoms with E-state index in [0.29, 0.717) is 37.7 Å². The smallest absolute Gasteiger partial charge is 0.315 e. The van der Waals surface area contributed by atoms with Crippen LogP contribution in [0.5, 0.6) is 0 Å². The van der Waals surface area contributed by atoms with Crippen molar-refractivity contribution in [1.82, 2.24) is 15.5 Å². The summed E-state index contributed by atoms with van der Waals surface area (Å²) < 4.78 is 4.99. The summed E-state index contributed by atoms with van der Waals surface area (Å²) in [6.45, 7) is 2.52. The van der Waals surface area contributed by atoms with Crippen molar-refractivity contribution in [2.75, 3.05) is 19.6 Å². The maximum Gasteiger partial charge on any atom is 0.315 e. The first-order valence-electron chi connectivity index (χ1n) is 10.0. The first-order chi connectivity index (χ1) is 14.2. The van der Waals surface area contributed by atoms with Crippen LogP contribution in [-0.2, 0) is 6.54 Å². The number of likely N-dealkylation sites (tertiary alicyclic amines) is 1. The van der Waals surface area contributed by atoms with Crippen molar-refractivity contribution in [2.24, 2.45) is 5.92 Å². The molecule has 29 heavy (non-hydrogen) atoms. The van der Waals surface area contributed by atoms with E-state index >= 15 is 0 Å². The normalized spacial score (nSPS) is 14.7. The van der Waals surface area contributed by atoms with Crippen LogP contribution in [0.3, 0.4) is 0 Å². The zero-order valence-electron chi connectivity index (χ0n) is 16.3. The first-order valence-corrected chi connectivity index (χ1v) is 10.0. The fraction of sp³-hybridized carbons (Fsp3) is 0.304. The molecule has 3 amide bonds. The molecule has 4 rings (SSSR count). The van der Waals surface area contributed by atoms with Crippen LogP contribution in [0.15, 0.2) is 65.5 Å². The summed E-state index contributed by atoms with van der Waals surface area (Å²) in [5.74, 6) is 0.393. The Labute approximate surface area is 169 Å². The molecule has 0 radical (unpaired) electrons. The van der Waals surface area contributed by atoms with E-state index in [1.165, 1.54) is 17.9 Å². The zero-order valence-corrected chi connectivity index (χ0v) is 16.3. The number of furan rings is 1. The minimum atomic E-state index is -0.158. The zero-order chi connectivity index (χ0) is 20.1. The van der Waals surface area contributed by atoms with Crippen LogP contribution in [0.1, 0.15) is 28.8 Å². The Bertz CT molecular complexity index is 971. The van der Waals surface area contributed by atoms with E-state index in [9.17, 15) is 9.59 Å². The topological polar surface area (TPSA) is 74.6 Å². The molecule has 2 N–H and O–H groups in total. The lowest BCUT2D eigenvalue weighted by molar-refractivity contribution is 0.0690. The molecule has 0 spiro atoms. The lowest BCUT2D eigenvalue weighted by atomic mass is 9.96. The van der Waals surface area contributed by atoms with Gasteiger partial charge in [-0.2, -0.15) is 0 Å². The maximum absolute atomic E-state index is 12.3. The van der Waals surface area contributed by atoms with Crippen molar-refractivity contribution in [2.45, 2.75) is 19.4 Å². The van der Waals surface area contributed by atoms with E-state index < -0.39 is 0 Å². The van der Waals surface area contributed by atoms with Gasteiger partial charge in [-0.1, -0.05) is 42.5 Å². The third-order valence-corrected chi connectivity index (χ3v) is 5.54. The Morgan fingerprint density at radius 2 is 1.79 bits per heavy atom. The molecule has 150 valence electrons. The number of fused-ring (bicyclic) bond motifs is 1. The van der Waals surface area contributed by atoms with Gasteiger partial charge in [0.25, 0.3) is 5.91 Å². The number of urea groups is 1. The summed E-state index contributed by atoms with van der Waals surface area (Å²) in [6.07, 6.45) is 4.76. The Balaban J connectivity index is 1.21. The number of piperidine rings is 1. The Morgan fingerprint density at radius 1 is 1.00 bits per heavy atom. The number of hydrogen-bond acceptors (Lipinski definition) is 3. The molecular weight excluding hydrogens is 366 g/mol. The monoisotopic (exact) mass is 391 g/mol. The standard InChI is InChI=1S/C23H25N3O3/c27-22(20-10-13-29-16-20)26-11-8-17(9-12-26)14-24-23(28)25-15-19-6-3-5-18-4-1-2-7-21(18)19/h1-7,10,13,16-17H,8-9,11-12,14-15H2,(H2,24,25,28). The summed E-state index contributed by atoms with van der Waals surface area (Å²) in [7, 11) is 0. The van der Waals surface area contributed by atoms with Crippen LogP contribution in [0.25, 0.3) is 10.8 Å². The SMILES string of the molecule is O=C(NCc1cccc2ccccc12)NCC1CCN(C(=O)c2ccoc2)CC1. The van der Waals surface area contributed by atoms with Gasteiger partial charge in [-0.05, 0) is 41.2 Å². The van der Waals surface area contributed by atoms with Crippen molar-refractivity contribution >= 4 is 22.7 Å². The van der Waals surface area contributed by atoms with E-state index in [1.54, 1.807) is 6.07 Å². The highest BCUT2D eigenvalue weighted by molar-refractivity contribution is 5.93. The number of benzene rings is 2. The van der Waals surface area contributed by atoms with E-state index in [1.807, 2.05) is 29.2 Å². The molecule has 1 aliphatic heterocycles. The molecule has 0 bridgehead atoms. The molecular formula is C23H25N3O3. The van der Waals surface area contributed by atoms with Gasteiger partial charge in [-0.15, -0.1) is 0 Å². The van der Waals surface area contributed by atoms with Crippen molar-refractivity contribution in [3.63, 3.8) is 0 Å². The average Bonchev–Trinajstić information content (AvgIpc) is 3.31. The van der Waals surface area contributed by atoms with Gasteiger partial charge in [0.1, 0.15) is 6.26 Å². The number of hydrogen-bond donors (Lipinski definition) is 2. The van der Waals surface area contributed by atoms with E-state index in [-0.39, 0.29) is 11.9 Å². The molecule has 2 aromatic carbocycles. The molecule has 6 heteroatoms. The fourth-order valence-electron chi connectivity index (χ4n) is 3.83. The number of carbonyl (C=O) groups excluding carboxylic acids is 2. The highest BCUT2D eigenvalue weighted by atomic mass is 16.3. The molecule has 1 aliphatic rings. The molecule has 6 nitrogen and oxygen atoms in total. The third kappa shape index (κ3) is 4.59. The van der Waals surface area contributed by atoms with Crippen molar-refractivity contribution < 1.29 is 14.0 Å². The van der Waals surface area contributed by atoms with Gasteiger partial charge >= 0.3 is 6.03 Å². The second-order valence-electron chi connectivity index (χ2n) is 7.45. The number of nitrogens with one attached hydrogen (secondary N) is 2. The van der Waals surface area contributed by atoms with Crippen LogP contribution in [-0.4, -0.2) is 36.5 Å². The predicted octanol–water partition coefficient (Wildman–Crippen LogP) is 3.78. The number of carbonyl (C=O) groups is 2.